The summed E-state index contributed by atoms with van der Waals surface area (Å²) < 4.78 is 43.1. The van der Waals surface area contributed by atoms with Crippen LogP contribution in [0.2, 0.25) is 0 Å². The maximum absolute atomic E-state index is 15.9. The second kappa shape index (κ2) is 12.4. The number of halogens is 1. The molecule has 0 aliphatic carbocycles. The van der Waals surface area contributed by atoms with E-state index in [4.69, 9.17) is 9.97 Å². The number of piperidine rings is 1. The lowest BCUT2D eigenvalue weighted by atomic mass is 9.90. The minimum Gasteiger partial charge on any atom is -0.324 e. The van der Waals surface area contributed by atoms with Crippen LogP contribution in [0.5, 0.6) is 0 Å². The van der Waals surface area contributed by atoms with Gasteiger partial charge in [-0.05, 0) is 74.2 Å². The van der Waals surface area contributed by atoms with Gasteiger partial charge >= 0.3 is 0 Å². The van der Waals surface area contributed by atoms with Crippen molar-refractivity contribution in [2.75, 3.05) is 28.9 Å². The Hall–Kier alpha value is -3.41. The zero-order valence-electron chi connectivity index (χ0n) is 24.4. The molecular formula is C31H37FN6O2S2. The molecule has 8 nitrogen and oxygen atoms in total. The number of sulfonamides is 1. The maximum atomic E-state index is 15.9. The monoisotopic (exact) mass is 608 g/mol. The molecule has 0 spiro atoms. The first kappa shape index (κ1) is 30.1. The number of aromatic nitrogens is 3. The lowest BCUT2D eigenvalue weighted by Crippen LogP contribution is -2.26. The van der Waals surface area contributed by atoms with Gasteiger partial charge in [0.1, 0.15) is 0 Å². The fourth-order valence-corrected chi connectivity index (χ4v) is 7.22. The van der Waals surface area contributed by atoms with Crippen molar-refractivity contribution in [1.82, 2.24) is 20.3 Å². The van der Waals surface area contributed by atoms with Crippen LogP contribution in [0.25, 0.3) is 21.8 Å². The van der Waals surface area contributed by atoms with E-state index in [1.54, 1.807) is 31.3 Å². The standard InChI is InChI=1S/C31H37FN6O2S2/c1-5-18-42(39,40)38-24-11-7-10-23(26(24)32)27-28(41-29(37-27)31(2,3)4)25-14-17-34-30(36-25)35-22-9-6-8-21(19-22)20-12-15-33-16-13-20/h6-11,14,17,19-20,33,38H,5,12-13,15-16,18H2,1-4H3,(H,34,35,36). The average molecular weight is 609 g/mol. The Morgan fingerprint density at radius 2 is 1.83 bits per heavy atom. The van der Waals surface area contributed by atoms with Crippen LogP contribution in [-0.2, 0) is 15.4 Å². The van der Waals surface area contributed by atoms with Gasteiger partial charge < -0.3 is 10.6 Å². The van der Waals surface area contributed by atoms with E-state index in [2.05, 4.69) is 32.5 Å². The third-order valence-electron chi connectivity index (χ3n) is 7.10. The highest BCUT2D eigenvalue weighted by molar-refractivity contribution is 7.92. The summed E-state index contributed by atoms with van der Waals surface area (Å²) in [4.78, 5) is 14.8. The first-order chi connectivity index (χ1) is 20.0. The molecule has 3 N–H and O–H groups in total. The largest absolute Gasteiger partial charge is 0.324 e. The molecule has 0 atom stereocenters. The second-order valence-electron chi connectivity index (χ2n) is 11.6. The predicted octanol–water partition coefficient (Wildman–Crippen LogP) is 7.07. The minimum absolute atomic E-state index is 0.0930. The molecule has 222 valence electrons. The Bertz CT molecular complexity index is 1660. The van der Waals surface area contributed by atoms with Crippen molar-refractivity contribution < 1.29 is 12.8 Å². The molecule has 0 unspecified atom stereocenters. The molecule has 11 heteroatoms. The molecule has 0 bridgehead atoms. The Labute approximate surface area is 251 Å². The zero-order chi connectivity index (χ0) is 29.9. The van der Waals surface area contributed by atoms with Crippen molar-refractivity contribution in [1.29, 1.82) is 0 Å². The summed E-state index contributed by atoms with van der Waals surface area (Å²) in [7, 11) is -3.67. The molecular weight excluding hydrogens is 572 g/mol. The van der Waals surface area contributed by atoms with Crippen LogP contribution in [0.15, 0.2) is 54.7 Å². The Morgan fingerprint density at radius 3 is 2.57 bits per heavy atom. The lowest BCUT2D eigenvalue weighted by molar-refractivity contribution is 0.460. The average Bonchev–Trinajstić information content (AvgIpc) is 3.41. The second-order valence-corrected chi connectivity index (χ2v) is 14.4. The topological polar surface area (TPSA) is 109 Å². The molecule has 2 aromatic carbocycles. The van der Waals surface area contributed by atoms with Gasteiger partial charge in [-0.3, -0.25) is 4.72 Å². The molecule has 4 aromatic rings. The lowest BCUT2D eigenvalue weighted by Gasteiger charge is -2.23. The molecule has 1 fully saturated rings. The van der Waals surface area contributed by atoms with Gasteiger partial charge in [0.15, 0.2) is 5.82 Å². The Morgan fingerprint density at radius 1 is 1.07 bits per heavy atom. The highest BCUT2D eigenvalue weighted by Gasteiger charge is 2.26. The van der Waals surface area contributed by atoms with Gasteiger partial charge in [-0.15, -0.1) is 11.3 Å². The van der Waals surface area contributed by atoms with E-state index < -0.39 is 15.8 Å². The molecule has 5 rings (SSSR count). The van der Waals surface area contributed by atoms with Gasteiger partial charge in [0, 0.05) is 22.9 Å². The number of anilines is 3. The van der Waals surface area contributed by atoms with Crippen LogP contribution in [0, 0.1) is 5.82 Å². The van der Waals surface area contributed by atoms with E-state index in [9.17, 15) is 8.42 Å². The van der Waals surface area contributed by atoms with Crippen LogP contribution in [0.1, 0.15) is 63.4 Å². The number of benzene rings is 2. The van der Waals surface area contributed by atoms with Crippen molar-refractivity contribution in [3.05, 3.63) is 71.1 Å². The summed E-state index contributed by atoms with van der Waals surface area (Å²) in [5, 5.41) is 7.57. The van der Waals surface area contributed by atoms with Crippen molar-refractivity contribution in [3.63, 3.8) is 0 Å². The van der Waals surface area contributed by atoms with E-state index in [0.717, 1.165) is 36.6 Å². The van der Waals surface area contributed by atoms with Gasteiger partial charge in [-0.1, -0.05) is 45.9 Å². The van der Waals surface area contributed by atoms with Crippen LogP contribution in [0.3, 0.4) is 0 Å². The number of thiazole rings is 1. The fourth-order valence-electron chi connectivity index (χ4n) is 4.98. The molecule has 42 heavy (non-hydrogen) atoms. The van der Waals surface area contributed by atoms with Crippen LogP contribution >= 0.6 is 11.3 Å². The molecule has 0 radical (unpaired) electrons. The summed E-state index contributed by atoms with van der Waals surface area (Å²) in [5.74, 6) is 0.178. The zero-order valence-corrected chi connectivity index (χ0v) is 26.0. The molecule has 1 saturated heterocycles. The van der Waals surface area contributed by atoms with Crippen molar-refractivity contribution >= 4 is 38.7 Å². The number of nitrogens with one attached hydrogen (secondary N) is 3. The molecule has 0 amide bonds. The summed E-state index contributed by atoms with van der Waals surface area (Å²) in [6.45, 7) is 9.95. The molecule has 1 aliphatic rings. The van der Waals surface area contributed by atoms with Gasteiger partial charge in [0.2, 0.25) is 16.0 Å². The quantitative estimate of drug-likeness (QED) is 0.187. The first-order valence-corrected chi connectivity index (χ1v) is 16.7. The summed E-state index contributed by atoms with van der Waals surface area (Å²) in [6.07, 6.45) is 4.32. The highest BCUT2D eigenvalue weighted by atomic mass is 32.2. The predicted molar refractivity (Wildman–Crippen MR) is 170 cm³/mol. The van der Waals surface area contributed by atoms with E-state index >= 15 is 4.39 Å². The van der Waals surface area contributed by atoms with E-state index in [1.807, 2.05) is 32.9 Å². The summed E-state index contributed by atoms with van der Waals surface area (Å²) in [5.41, 5.74) is 3.02. The summed E-state index contributed by atoms with van der Waals surface area (Å²) in [6, 6.07) is 14.8. The van der Waals surface area contributed by atoms with Gasteiger partial charge in [-0.25, -0.2) is 27.8 Å². The summed E-state index contributed by atoms with van der Waals surface area (Å²) >= 11 is 1.45. The van der Waals surface area contributed by atoms with E-state index in [-0.39, 0.29) is 22.4 Å². The number of hydrogen-bond acceptors (Lipinski definition) is 8. The molecule has 0 saturated carbocycles. The van der Waals surface area contributed by atoms with Crippen LogP contribution in [-0.4, -0.2) is 42.2 Å². The van der Waals surface area contributed by atoms with Crippen LogP contribution in [0.4, 0.5) is 21.7 Å². The Balaban J connectivity index is 1.51. The number of hydrogen-bond donors (Lipinski definition) is 3. The molecule has 1 aliphatic heterocycles. The van der Waals surface area contributed by atoms with Crippen molar-refractivity contribution in [2.24, 2.45) is 0 Å². The van der Waals surface area contributed by atoms with Gasteiger partial charge in [0.25, 0.3) is 0 Å². The van der Waals surface area contributed by atoms with Crippen LogP contribution < -0.4 is 15.4 Å². The van der Waals surface area contributed by atoms with Gasteiger partial charge in [0.05, 0.1) is 32.7 Å². The third-order valence-corrected chi connectivity index (χ3v) is 10.1. The van der Waals surface area contributed by atoms with Gasteiger partial charge in [-0.2, -0.15) is 0 Å². The first-order valence-electron chi connectivity index (χ1n) is 14.3. The van der Waals surface area contributed by atoms with Crippen molar-refractivity contribution in [2.45, 2.75) is 58.3 Å². The maximum Gasteiger partial charge on any atom is 0.232 e. The third kappa shape index (κ3) is 6.96. The molecule has 2 aromatic heterocycles. The smallest absolute Gasteiger partial charge is 0.232 e. The minimum atomic E-state index is -3.67. The SMILES string of the molecule is CCCS(=O)(=O)Nc1cccc(-c2nc(C(C)(C)C)sc2-c2ccnc(Nc3cccc(C4CCNCC4)c3)n2)c1F. The van der Waals surface area contributed by atoms with E-state index in [0.29, 0.717) is 34.6 Å². The normalized spacial score (nSPS) is 14.6. The molecule has 3 heterocycles. The highest BCUT2D eigenvalue weighted by Crippen LogP contribution is 2.42. The Kier molecular flexibility index (Phi) is 8.91. The van der Waals surface area contributed by atoms with Crippen molar-refractivity contribution in [3.8, 4) is 21.8 Å². The fraction of sp³-hybridized carbons (Fsp3) is 0.387. The number of nitrogens with zero attached hydrogens (tertiary/aromatic N) is 3. The number of rotatable bonds is 9. The van der Waals surface area contributed by atoms with E-state index in [1.165, 1.54) is 23.0 Å².